The van der Waals surface area contributed by atoms with E-state index in [0.717, 1.165) is 40.9 Å². The molecule has 4 rings (SSSR count). The number of methoxy groups -OCH3 is 1. The van der Waals surface area contributed by atoms with Gasteiger partial charge in [-0.3, -0.25) is 4.79 Å². The molecule has 0 radical (unpaired) electrons. The molecule has 1 aliphatic carbocycles. The largest absolute Gasteiger partial charge is 0.497 e. The molecule has 1 atom stereocenters. The van der Waals surface area contributed by atoms with Gasteiger partial charge in [-0.1, -0.05) is 85.6 Å². The molecule has 3 aromatic rings. The van der Waals surface area contributed by atoms with Crippen molar-refractivity contribution in [3.05, 3.63) is 108 Å². The minimum absolute atomic E-state index is 0.0598. The molecule has 3 heteroatoms. The molecule has 0 unspecified atom stereocenters. The van der Waals surface area contributed by atoms with Gasteiger partial charge in [-0.15, -0.1) is 0 Å². The van der Waals surface area contributed by atoms with Gasteiger partial charge in [0.05, 0.1) is 13.2 Å². The number of carbonyl (C=O) groups excluding carboxylic acids is 1. The van der Waals surface area contributed by atoms with Crippen molar-refractivity contribution in [2.24, 2.45) is 5.92 Å². The predicted octanol–water partition coefficient (Wildman–Crippen LogP) is 6.17. The van der Waals surface area contributed by atoms with Crippen LogP contribution >= 0.6 is 0 Å². The van der Waals surface area contributed by atoms with E-state index in [4.69, 9.17) is 4.74 Å². The van der Waals surface area contributed by atoms with Gasteiger partial charge in [-0.05, 0) is 53.2 Å². The van der Waals surface area contributed by atoms with Crippen LogP contribution in [0.4, 0.5) is 0 Å². The molecule has 0 heterocycles. The van der Waals surface area contributed by atoms with E-state index in [0.29, 0.717) is 5.92 Å². The molecule has 0 spiro atoms. The standard InChI is InChI=1S/C28H29NO2/c1-31-25-18-16-24(17-19-25)28(23-14-6-3-7-15-23)29-27(30)20-26(22-12-8-9-13-22)21-10-4-2-5-11-21/h2-7,10-11,14-20,22,28H,8-9,12-13H2,1H3,(H,29,30)/b26-20+/t28-/m1/s1. The van der Waals surface area contributed by atoms with Crippen LogP contribution in [-0.2, 0) is 4.79 Å². The Kier molecular flexibility index (Phi) is 6.83. The molecular formula is C28H29NO2. The van der Waals surface area contributed by atoms with E-state index < -0.39 is 0 Å². The van der Waals surface area contributed by atoms with Crippen LogP contribution in [0.25, 0.3) is 5.57 Å². The van der Waals surface area contributed by atoms with E-state index in [1.165, 1.54) is 12.8 Å². The Hall–Kier alpha value is -3.33. The van der Waals surface area contributed by atoms with Crippen molar-refractivity contribution in [2.45, 2.75) is 31.7 Å². The van der Waals surface area contributed by atoms with Gasteiger partial charge in [0.1, 0.15) is 5.75 Å². The number of ether oxygens (including phenoxy) is 1. The van der Waals surface area contributed by atoms with E-state index in [1.807, 2.05) is 78.9 Å². The molecule has 0 aromatic heterocycles. The third-order valence-corrected chi connectivity index (χ3v) is 6.06. The summed E-state index contributed by atoms with van der Waals surface area (Å²) in [5.41, 5.74) is 4.37. The van der Waals surface area contributed by atoms with Crippen molar-refractivity contribution in [3.63, 3.8) is 0 Å². The number of hydrogen-bond donors (Lipinski definition) is 1. The average Bonchev–Trinajstić information content (AvgIpc) is 3.37. The van der Waals surface area contributed by atoms with Gasteiger partial charge >= 0.3 is 0 Å². The van der Waals surface area contributed by atoms with Crippen LogP contribution in [0, 0.1) is 5.92 Å². The summed E-state index contributed by atoms with van der Waals surface area (Å²) in [7, 11) is 1.66. The lowest BCUT2D eigenvalue weighted by Crippen LogP contribution is -2.28. The Labute approximate surface area is 184 Å². The van der Waals surface area contributed by atoms with Crippen molar-refractivity contribution in [1.82, 2.24) is 5.32 Å². The highest BCUT2D eigenvalue weighted by Gasteiger charge is 2.22. The SMILES string of the molecule is COc1ccc([C@H](NC(=O)/C=C(\c2ccccc2)C2CCCC2)c2ccccc2)cc1. The highest BCUT2D eigenvalue weighted by Crippen LogP contribution is 2.36. The molecule has 0 saturated heterocycles. The molecule has 0 bridgehead atoms. The Morgan fingerprint density at radius 1 is 0.871 bits per heavy atom. The maximum Gasteiger partial charge on any atom is 0.245 e. The zero-order chi connectivity index (χ0) is 21.5. The van der Waals surface area contributed by atoms with Crippen LogP contribution in [0.5, 0.6) is 5.75 Å². The molecule has 0 aliphatic heterocycles. The van der Waals surface area contributed by atoms with Crippen molar-refractivity contribution >= 4 is 11.5 Å². The lowest BCUT2D eigenvalue weighted by atomic mass is 9.90. The zero-order valence-corrected chi connectivity index (χ0v) is 18.0. The summed E-state index contributed by atoms with van der Waals surface area (Å²) in [6, 6.07) is 28.1. The Balaban J connectivity index is 1.64. The van der Waals surface area contributed by atoms with Crippen molar-refractivity contribution in [2.75, 3.05) is 7.11 Å². The molecular weight excluding hydrogens is 382 g/mol. The molecule has 1 saturated carbocycles. The lowest BCUT2D eigenvalue weighted by Gasteiger charge is -2.21. The van der Waals surface area contributed by atoms with Crippen molar-refractivity contribution in [1.29, 1.82) is 0 Å². The van der Waals surface area contributed by atoms with Gasteiger partial charge in [-0.25, -0.2) is 0 Å². The highest BCUT2D eigenvalue weighted by molar-refractivity contribution is 5.96. The number of allylic oxidation sites excluding steroid dienone is 1. The quantitative estimate of drug-likeness (QED) is 0.472. The van der Waals surface area contributed by atoms with Crippen LogP contribution < -0.4 is 10.1 Å². The van der Waals surface area contributed by atoms with Crippen LogP contribution in [-0.4, -0.2) is 13.0 Å². The smallest absolute Gasteiger partial charge is 0.245 e. The number of rotatable bonds is 7. The molecule has 158 valence electrons. The highest BCUT2D eigenvalue weighted by atomic mass is 16.5. The van der Waals surface area contributed by atoms with Crippen molar-refractivity contribution < 1.29 is 9.53 Å². The van der Waals surface area contributed by atoms with Gasteiger partial charge < -0.3 is 10.1 Å². The third kappa shape index (κ3) is 5.24. The second-order valence-corrected chi connectivity index (χ2v) is 8.07. The van der Waals surface area contributed by atoms with Crippen LogP contribution in [0.3, 0.4) is 0 Å². The maximum atomic E-state index is 13.3. The summed E-state index contributed by atoms with van der Waals surface area (Å²) in [5, 5.41) is 3.25. The first-order chi connectivity index (χ1) is 15.2. The first-order valence-electron chi connectivity index (χ1n) is 11.0. The summed E-state index contributed by atoms with van der Waals surface area (Å²) in [6.07, 6.45) is 6.58. The minimum Gasteiger partial charge on any atom is -0.497 e. The molecule has 3 aromatic carbocycles. The van der Waals surface area contributed by atoms with E-state index in [1.54, 1.807) is 7.11 Å². The van der Waals surface area contributed by atoms with Gasteiger partial charge in [-0.2, -0.15) is 0 Å². The normalized spacial score (nSPS) is 15.5. The second kappa shape index (κ2) is 10.1. The van der Waals surface area contributed by atoms with Crippen molar-refractivity contribution in [3.8, 4) is 5.75 Å². The number of hydrogen-bond acceptors (Lipinski definition) is 2. The summed E-state index contributed by atoms with van der Waals surface area (Å²) in [6.45, 7) is 0. The van der Waals surface area contributed by atoms with Gasteiger partial charge in [0.2, 0.25) is 5.91 Å². The number of nitrogens with one attached hydrogen (secondary N) is 1. The Bertz CT molecular complexity index is 1000. The molecule has 1 aliphatic rings. The monoisotopic (exact) mass is 411 g/mol. The Morgan fingerprint density at radius 3 is 2.06 bits per heavy atom. The first kappa shape index (κ1) is 20.9. The first-order valence-corrected chi connectivity index (χ1v) is 11.0. The summed E-state index contributed by atoms with van der Waals surface area (Å²) >= 11 is 0. The fourth-order valence-electron chi connectivity index (χ4n) is 4.43. The third-order valence-electron chi connectivity index (χ3n) is 6.06. The average molecular weight is 412 g/mol. The maximum absolute atomic E-state index is 13.3. The number of carbonyl (C=O) groups is 1. The van der Waals surface area contributed by atoms with E-state index >= 15 is 0 Å². The molecule has 31 heavy (non-hydrogen) atoms. The summed E-state index contributed by atoms with van der Waals surface area (Å²) < 4.78 is 5.30. The van der Waals surface area contributed by atoms with Crippen LogP contribution in [0.2, 0.25) is 0 Å². The van der Waals surface area contributed by atoms with Gasteiger partial charge in [0.25, 0.3) is 0 Å². The fraction of sp³-hybridized carbons (Fsp3) is 0.250. The molecule has 1 amide bonds. The molecule has 1 N–H and O–H groups in total. The van der Waals surface area contributed by atoms with E-state index in [2.05, 4.69) is 17.4 Å². The van der Waals surface area contributed by atoms with Crippen LogP contribution in [0.1, 0.15) is 48.4 Å². The fourth-order valence-corrected chi connectivity index (χ4v) is 4.43. The summed E-state index contributed by atoms with van der Waals surface area (Å²) in [5.74, 6) is 1.19. The Morgan fingerprint density at radius 2 is 1.45 bits per heavy atom. The van der Waals surface area contributed by atoms with Crippen LogP contribution in [0.15, 0.2) is 91.0 Å². The second-order valence-electron chi connectivity index (χ2n) is 8.07. The van der Waals surface area contributed by atoms with E-state index in [-0.39, 0.29) is 11.9 Å². The topological polar surface area (TPSA) is 38.3 Å². The van der Waals surface area contributed by atoms with Gasteiger partial charge in [0.15, 0.2) is 0 Å². The zero-order valence-electron chi connectivity index (χ0n) is 18.0. The number of amides is 1. The predicted molar refractivity (Wildman–Crippen MR) is 126 cm³/mol. The number of benzene rings is 3. The summed E-state index contributed by atoms with van der Waals surface area (Å²) in [4.78, 5) is 13.3. The van der Waals surface area contributed by atoms with Gasteiger partial charge in [0, 0.05) is 6.08 Å². The molecule has 1 fully saturated rings. The van der Waals surface area contributed by atoms with E-state index in [9.17, 15) is 4.79 Å². The lowest BCUT2D eigenvalue weighted by molar-refractivity contribution is -0.116. The minimum atomic E-state index is -0.226. The molecule has 3 nitrogen and oxygen atoms in total.